The van der Waals surface area contributed by atoms with E-state index in [4.69, 9.17) is 0 Å². The second-order valence-electron chi connectivity index (χ2n) is 6.09. The summed E-state index contributed by atoms with van der Waals surface area (Å²) in [6.45, 7) is 0.401. The molecule has 3 aromatic carbocycles. The standard InChI is InChI=1S/C20H19N3O4S/c24-23(25)20-13-17(15-22-28(26,27)18-9-5-2-6-10-18)11-12-19(20)21-14-16-7-3-1-4-8-16/h1-13,21-22H,14-15H2. The highest BCUT2D eigenvalue weighted by Crippen LogP contribution is 2.26. The van der Waals surface area contributed by atoms with Crippen molar-refractivity contribution in [3.63, 3.8) is 0 Å². The number of nitrogens with one attached hydrogen (secondary N) is 2. The van der Waals surface area contributed by atoms with Crippen molar-refractivity contribution in [1.82, 2.24) is 4.72 Å². The van der Waals surface area contributed by atoms with Gasteiger partial charge in [-0.05, 0) is 29.3 Å². The summed E-state index contributed by atoms with van der Waals surface area (Å²) >= 11 is 0. The summed E-state index contributed by atoms with van der Waals surface area (Å²) in [6, 6.07) is 22.1. The average molecular weight is 397 g/mol. The van der Waals surface area contributed by atoms with Gasteiger partial charge in [0.2, 0.25) is 10.0 Å². The fourth-order valence-corrected chi connectivity index (χ4v) is 3.68. The topological polar surface area (TPSA) is 101 Å². The molecule has 0 aromatic heterocycles. The third kappa shape index (κ3) is 4.93. The van der Waals surface area contributed by atoms with Crippen LogP contribution in [0.15, 0.2) is 83.8 Å². The van der Waals surface area contributed by atoms with E-state index in [0.29, 0.717) is 17.8 Å². The van der Waals surface area contributed by atoms with E-state index in [0.717, 1.165) is 5.56 Å². The molecule has 0 amide bonds. The van der Waals surface area contributed by atoms with Crippen LogP contribution in [0.1, 0.15) is 11.1 Å². The Hall–Kier alpha value is -3.23. The van der Waals surface area contributed by atoms with E-state index < -0.39 is 14.9 Å². The third-order valence-electron chi connectivity index (χ3n) is 4.10. The number of nitro groups is 1. The predicted octanol–water partition coefficient (Wildman–Crippen LogP) is 3.69. The van der Waals surface area contributed by atoms with Crippen molar-refractivity contribution in [2.45, 2.75) is 18.0 Å². The number of hydrogen-bond acceptors (Lipinski definition) is 5. The Labute approximate surface area is 163 Å². The molecule has 3 rings (SSSR count). The number of sulfonamides is 1. The van der Waals surface area contributed by atoms with Crippen molar-refractivity contribution in [3.05, 3.63) is 100 Å². The molecule has 0 heterocycles. The fraction of sp³-hybridized carbons (Fsp3) is 0.100. The van der Waals surface area contributed by atoms with Crippen molar-refractivity contribution in [2.75, 3.05) is 5.32 Å². The Bertz CT molecular complexity index is 1060. The van der Waals surface area contributed by atoms with Gasteiger partial charge in [0, 0.05) is 19.2 Å². The summed E-state index contributed by atoms with van der Waals surface area (Å²) in [5.41, 5.74) is 1.77. The van der Waals surface area contributed by atoms with Crippen LogP contribution in [0.2, 0.25) is 0 Å². The van der Waals surface area contributed by atoms with Crippen molar-refractivity contribution < 1.29 is 13.3 Å². The number of nitro benzene ring substituents is 1. The van der Waals surface area contributed by atoms with Crippen LogP contribution in [0.3, 0.4) is 0 Å². The van der Waals surface area contributed by atoms with Gasteiger partial charge in [-0.1, -0.05) is 54.6 Å². The van der Waals surface area contributed by atoms with Gasteiger partial charge in [-0.3, -0.25) is 10.1 Å². The van der Waals surface area contributed by atoms with Gasteiger partial charge in [-0.15, -0.1) is 0 Å². The smallest absolute Gasteiger partial charge is 0.292 e. The van der Waals surface area contributed by atoms with Gasteiger partial charge in [-0.25, -0.2) is 13.1 Å². The van der Waals surface area contributed by atoms with Crippen molar-refractivity contribution in [3.8, 4) is 0 Å². The molecule has 2 N–H and O–H groups in total. The maximum absolute atomic E-state index is 12.3. The molecule has 0 unspecified atom stereocenters. The maximum atomic E-state index is 12.3. The number of benzene rings is 3. The Balaban J connectivity index is 1.73. The molecule has 3 aromatic rings. The van der Waals surface area contributed by atoms with Gasteiger partial charge in [-0.2, -0.15) is 0 Å². The molecule has 0 aliphatic rings. The minimum absolute atomic E-state index is 0.0446. The van der Waals surface area contributed by atoms with Crippen LogP contribution in [0.5, 0.6) is 0 Å². The Kier molecular flexibility index (Phi) is 6.03. The molecular formula is C20H19N3O4S. The first-order chi connectivity index (χ1) is 13.5. The van der Waals surface area contributed by atoms with E-state index in [-0.39, 0.29) is 17.1 Å². The Morgan fingerprint density at radius 3 is 2.11 bits per heavy atom. The lowest BCUT2D eigenvalue weighted by atomic mass is 10.1. The largest absolute Gasteiger partial charge is 0.375 e. The summed E-state index contributed by atoms with van der Waals surface area (Å²) in [5.74, 6) is 0. The zero-order valence-electron chi connectivity index (χ0n) is 14.9. The molecule has 0 bridgehead atoms. The average Bonchev–Trinajstić information content (AvgIpc) is 2.72. The first-order valence-electron chi connectivity index (χ1n) is 8.55. The fourth-order valence-electron chi connectivity index (χ4n) is 2.64. The molecule has 0 fully saturated rings. The Morgan fingerprint density at radius 1 is 0.821 bits per heavy atom. The number of nitrogens with zero attached hydrogens (tertiary/aromatic N) is 1. The second kappa shape index (κ2) is 8.64. The monoisotopic (exact) mass is 397 g/mol. The van der Waals surface area contributed by atoms with Gasteiger partial charge in [0.1, 0.15) is 5.69 Å². The zero-order chi connectivity index (χ0) is 20.0. The molecule has 0 saturated carbocycles. The summed E-state index contributed by atoms with van der Waals surface area (Å²) < 4.78 is 27.1. The highest BCUT2D eigenvalue weighted by molar-refractivity contribution is 7.89. The summed E-state index contributed by atoms with van der Waals surface area (Å²) in [4.78, 5) is 11.1. The molecule has 0 atom stereocenters. The van der Waals surface area contributed by atoms with E-state index in [2.05, 4.69) is 10.0 Å². The Morgan fingerprint density at radius 2 is 1.46 bits per heavy atom. The molecule has 144 valence electrons. The second-order valence-corrected chi connectivity index (χ2v) is 7.85. The third-order valence-corrected chi connectivity index (χ3v) is 5.52. The SMILES string of the molecule is O=[N+]([O-])c1cc(CNS(=O)(=O)c2ccccc2)ccc1NCc1ccccc1. The van der Waals surface area contributed by atoms with Gasteiger partial charge >= 0.3 is 0 Å². The van der Waals surface area contributed by atoms with Crippen LogP contribution in [0.25, 0.3) is 0 Å². The summed E-state index contributed by atoms with van der Waals surface area (Å²) in [7, 11) is -3.68. The molecule has 28 heavy (non-hydrogen) atoms. The number of rotatable bonds is 8. The van der Waals surface area contributed by atoms with Gasteiger partial charge in [0.25, 0.3) is 5.69 Å². The van der Waals surface area contributed by atoms with E-state index >= 15 is 0 Å². The van der Waals surface area contributed by atoms with E-state index in [9.17, 15) is 18.5 Å². The first-order valence-corrected chi connectivity index (χ1v) is 10.0. The van der Waals surface area contributed by atoms with E-state index in [1.54, 1.807) is 30.3 Å². The van der Waals surface area contributed by atoms with Gasteiger partial charge in [0.05, 0.1) is 9.82 Å². The minimum atomic E-state index is -3.68. The van der Waals surface area contributed by atoms with Crippen LogP contribution in [0.4, 0.5) is 11.4 Å². The van der Waals surface area contributed by atoms with Crippen molar-refractivity contribution >= 4 is 21.4 Å². The van der Waals surface area contributed by atoms with Gasteiger partial charge in [0.15, 0.2) is 0 Å². The molecule has 8 heteroatoms. The lowest BCUT2D eigenvalue weighted by molar-refractivity contribution is -0.384. The summed E-state index contributed by atoms with van der Waals surface area (Å²) in [5, 5.41) is 14.5. The highest BCUT2D eigenvalue weighted by atomic mass is 32.2. The van der Waals surface area contributed by atoms with Crippen LogP contribution in [0, 0.1) is 10.1 Å². The molecule has 0 spiro atoms. The predicted molar refractivity (Wildman–Crippen MR) is 107 cm³/mol. The number of anilines is 1. The quantitative estimate of drug-likeness (QED) is 0.446. The van der Waals surface area contributed by atoms with Crippen LogP contribution in [-0.4, -0.2) is 13.3 Å². The molecule has 0 aliphatic carbocycles. The first kappa shape index (κ1) is 19.5. The molecule has 0 radical (unpaired) electrons. The van der Waals surface area contributed by atoms with Crippen LogP contribution < -0.4 is 10.0 Å². The number of hydrogen-bond donors (Lipinski definition) is 2. The maximum Gasteiger partial charge on any atom is 0.292 e. The minimum Gasteiger partial charge on any atom is -0.375 e. The van der Waals surface area contributed by atoms with Crippen LogP contribution >= 0.6 is 0 Å². The normalized spacial score (nSPS) is 11.1. The van der Waals surface area contributed by atoms with Crippen molar-refractivity contribution in [2.24, 2.45) is 0 Å². The highest BCUT2D eigenvalue weighted by Gasteiger charge is 2.17. The van der Waals surface area contributed by atoms with Gasteiger partial charge < -0.3 is 5.32 Å². The van der Waals surface area contributed by atoms with Crippen LogP contribution in [-0.2, 0) is 23.1 Å². The summed E-state index contributed by atoms with van der Waals surface area (Å²) in [6.07, 6.45) is 0. The van der Waals surface area contributed by atoms with Crippen molar-refractivity contribution in [1.29, 1.82) is 0 Å². The molecule has 0 saturated heterocycles. The zero-order valence-corrected chi connectivity index (χ0v) is 15.7. The molecule has 0 aliphatic heterocycles. The lowest BCUT2D eigenvalue weighted by Gasteiger charge is -2.10. The van der Waals surface area contributed by atoms with E-state index in [1.807, 2.05) is 30.3 Å². The molecule has 7 nitrogen and oxygen atoms in total. The lowest BCUT2D eigenvalue weighted by Crippen LogP contribution is -2.23. The molecular weight excluding hydrogens is 378 g/mol. The van der Waals surface area contributed by atoms with E-state index in [1.165, 1.54) is 18.2 Å².